The Kier molecular flexibility index (Phi) is 7.85. The highest BCUT2D eigenvalue weighted by atomic mass is 32.2. The zero-order chi connectivity index (χ0) is 25.6. The van der Waals surface area contributed by atoms with Crippen molar-refractivity contribution in [3.05, 3.63) is 101 Å². The van der Waals surface area contributed by atoms with Crippen LogP contribution in [0.3, 0.4) is 0 Å². The van der Waals surface area contributed by atoms with E-state index < -0.39 is 27.7 Å². The fourth-order valence-corrected chi connectivity index (χ4v) is 4.09. The number of nitrogens with zero attached hydrogens (tertiary/aromatic N) is 1. The number of aliphatic carboxylic acids is 1. The zero-order valence-corrected chi connectivity index (χ0v) is 19.4. The van der Waals surface area contributed by atoms with Gasteiger partial charge < -0.3 is 9.84 Å². The van der Waals surface area contributed by atoms with Gasteiger partial charge in [-0.1, -0.05) is 54.6 Å². The third-order valence-corrected chi connectivity index (χ3v) is 6.04. The van der Waals surface area contributed by atoms with Crippen molar-refractivity contribution in [2.45, 2.75) is 19.3 Å². The maximum Gasteiger partial charge on any atom is 0.416 e. The van der Waals surface area contributed by atoms with Gasteiger partial charge in [0.1, 0.15) is 12.4 Å². The summed E-state index contributed by atoms with van der Waals surface area (Å²) in [5.41, 5.74) is 0.856. The molecule has 0 aliphatic carbocycles. The van der Waals surface area contributed by atoms with E-state index in [1.807, 2.05) is 0 Å². The lowest BCUT2D eigenvalue weighted by Crippen LogP contribution is -2.30. The first-order valence-electron chi connectivity index (χ1n) is 10.3. The van der Waals surface area contributed by atoms with Crippen LogP contribution in [0.4, 0.5) is 18.9 Å². The minimum absolute atomic E-state index is 0.0228. The lowest BCUT2D eigenvalue weighted by molar-refractivity contribution is -0.137. The number of carbonyl (C=O) groups is 1. The second-order valence-corrected chi connectivity index (χ2v) is 9.54. The van der Waals surface area contributed by atoms with Crippen LogP contribution >= 0.6 is 0 Å². The molecule has 3 rings (SSSR count). The molecule has 0 fully saturated rings. The molecule has 184 valence electrons. The minimum Gasteiger partial charge on any atom is -0.487 e. The van der Waals surface area contributed by atoms with Crippen LogP contribution in [0.25, 0.3) is 6.08 Å². The molecule has 0 saturated carbocycles. The molecule has 1 N–H and O–H groups in total. The molecule has 0 unspecified atom stereocenters. The molecular formula is C25H22F3NO5S. The number of ether oxygens (including phenoxy) is 1. The first-order chi connectivity index (χ1) is 16.4. The van der Waals surface area contributed by atoms with Crippen molar-refractivity contribution in [3.63, 3.8) is 0 Å². The predicted octanol–water partition coefficient (Wildman–Crippen LogP) is 5.35. The second-order valence-electron chi connectivity index (χ2n) is 7.64. The number of benzene rings is 3. The summed E-state index contributed by atoms with van der Waals surface area (Å²) < 4.78 is 72.0. The van der Waals surface area contributed by atoms with Gasteiger partial charge in [-0.25, -0.2) is 13.2 Å². The van der Waals surface area contributed by atoms with E-state index in [1.54, 1.807) is 54.6 Å². The van der Waals surface area contributed by atoms with E-state index in [1.165, 1.54) is 6.08 Å². The average molecular weight is 506 g/mol. The summed E-state index contributed by atoms with van der Waals surface area (Å²) >= 11 is 0. The van der Waals surface area contributed by atoms with Gasteiger partial charge in [0.2, 0.25) is 10.0 Å². The highest BCUT2D eigenvalue weighted by molar-refractivity contribution is 7.92. The van der Waals surface area contributed by atoms with Gasteiger partial charge in [-0.2, -0.15) is 13.2 Å². The van der Waals surface area contributed by atoms with E-state index in [9.17, 15) is 26.4 Å². The number of carboxylic acid groups (broad SMARTS) is 1. The molecule has 0 heterocycles. The van der Waals surface area contributed by atoms with Crippen molar-refractivity contribution < 1.29 is 36.2 Å². The summed E-state index contributed by atoms with van der Waals surface area (Å²) in [7, 11) is -3.87. The molecule has 10 heteroatoms. The number of hydrogen-bond acceptors (Lipinski definition) is 4. The smallest absolute Gasteiger partial charge is 0.416 e. The van der Waals surface area contributed by atoms with Gasteiger partial charge >= 0.3 is 12.1 Å². The van der Waals surface area contributed by atoms with Crippen molar-refractivity contribution >= 4 is 27.8 Å². The van der Waals surface area contributed by atoms with E-state index in [0.29, 0.717) is 16.7 Å². The van der Waals surface area contributed by atoms with Crippen LogP contribution in [0.15, 0.2) is 78.9 Å². The first kappa shape index (κ1) is 25.8. The van der Waals surface area contributed by atoms with Gasteiger partial charge in [-0.05, 0) is 41.0 Å². The van der Waals surface area contributed by atoms with E-state index in [2.05, 4.69) is 0 Å². The Morgan fingerprint density at radius 3 is 2.23 bits per heavy atom. The van der Waals surface area contributed by atoms with E-state index in [4.69, 9.17) is 9.84 Å². The van der Waals surface area contributed by atoms with Crippen molar-refractivity contribution in [3.8, 4) is 5.75 Å². The number of rotatable bonds is 9. The molecule has 0 aliphatic heterocycles. The Hall–Kier alpha value is -3.79. The minimum atomic E-state index is -4.65. The Morgan fingerprint density at radius 1 is 1.00 bits per heavy atom. The van der Waals surface area contributed by atoms with E-state index in [0.717, 1.165) is 34.8 Å². The predicted molar refractivity (Wildman–Crippen MR) is 126 cm³/mol. The summed E-state index contributed by atoms with van der Waals surface area (Å²) in [6.45, 7) is -0.230. The van der Waals surface area contributed by atoms with Crippen LogP contribution in [0, 0.1) is 0 Å². The largest absolute Gasteiger partial charge is 0.487 e. The average Bonchev–Trinajstić information content (AvgIpc) is 2.80. The third kappa shape index (κ3) is 7.35. The molecule has 0 spiro atoms. The lowest BCUT2D eigenvalue weighted by atomic mass is 10.1. The molecule has 0 bridgehead atoms. The molecule has 0 aliphatic rings. The van der Waals surface area contributed by atoms with E-state index in [-0.39, 0.29) is 24.6 Å². The van der Waals surface area contributed by atoms with Crippen LogP contribution in [0.5, 0.6) is 5.75 Å². The molecule has 3 aromatic carbocycles. The molecule has 0 saturated heterocycles. The van der Waals surface area contributed by atoms with Gasteiger partial charge in [-0.3, -0.25) is 4.31 Å². The topological polar surface area (TPSA) is 83.9 Å². The molecule has 35 heavy (non-hydrogen) atoms. The fourth-order valence-electron chi connectivity index (χ4n) is 3.20. The molecule has 0 atom stereocenters. The molecular weight excluding hydrogens is 483 g/mol. The summed E-state index contributed by atoms with van der Waals surface area (Å²) in [6.07, 6.45) is -1.30. The van der Waals surface area contributed by atoms with Crippen LogP contribution in [-0.4, -0.2) is 25.7 Å². The Labute approximate surface area is 200 Å². The van der Waals surface area contributed by atoms with Crippen LogP contribution in [-0.2, 0) is 34.1 Å². The number of anilines is 1. The number of carboxylic acids is 1. The highest BCUT2D eigenvalue weighted by Crippen LogP contribution is 2.38. The van der Waals surface area contributed by atoms with Gasteiger partial charge in [-0.15, -0.1) is 0 Å². The highest BCUT2D eigenvalue weighted by Gasteiger charge is 2.32. The summed E-state index contributed by atoms with van der Waals surface area (Å²) in [4.78, 5) is 10.6. The Morgan fingerprint density at radius 2 is 1.66 bits per heavy atom. The zero-order valence-electron chi connectivity index (χ0n) is 18.6. The third-order valence-electron chi connectivity index (χ3n) is 4.92. The number of hydrogen-bond donors (Lipinski definition) is 1. The number of alkyl halides is 3. The lowest BCUT2D eigenvalue weighted by Gasteiger charge is -2.25. The normalized spacial score (nSPS) is 12.0. The first-order valence-corrected chi connectivity index (χ1v) is 12.1. The molecule has 3 aromatic rings. The molecule has 0 amide bonds. The van der Waals surface area contributed by atoms with Gasteiger partial charge in [0.15, 0.2) is 0 Å². The van der Waals surface area contributed by atoms with Crippen molar-refractivity contribution in [1.29, 1.82) is 0 Å². The SMILES string of the molecule is CS(=O)(=O)N(Cc1ccccc1)c1ccc(C(F)(F)F)cc1OCc1ccc(C=CC(=O)O)cc1. The Bertz CT molecular complexity index is 1310. The van der Waals surface area contributed by atoms with E-state index >= 15 is 0 Å². The molecule has 0 aromatic heterocycles. The fraction of sp³-hybridized carbons (Fsp3) is 0.160. The monoisotopic (exact) mass is 505 g/mol. The van der Waals surface area contributed by atoms with Crippen molar-refractivity contribution in [2.24, 2.45) is 0 Å². The van der Waals surface area contributed by atoms with Crippen molar-refractivity contribution in [2.75, 3.05) is 10.6 Å². The summed E-state index contributed by atoms with van der Waals surface area (Å²) in [5.74, 6) is -1.34. The molecule has 0 radical (unpaired) electrons. The maximum absolute atomic E-state index is 13.4. The summed E-state index contributed by atoms with van der Waals surface area (Å²) in [6, 6.07) is 17.9. The van der Waals surface area contributed by atoms with Gasteiger partial charge in [0.05, 0.1) is 24.1 Å². The second kappa shape index (κ2) is 10.6. The Balaban J connectivity index is 1.94. The van der Waals surface area contributed by atoms with Crippen LogP contribution in [0.2, 0.25) is 0 Å². The van der Waals surface area contributed by atoms with Crippen molar-refractivity contribution in [1.82, 2.24) is 0 Å². The quantitative estimate of drug-likeness (QED) is 0.397. The summed E-state index contributed by atoms with van der Waals surface area (Å²) in [5, 5.41) is 8.71. The standard InChI is InChI=1S/C25H22F3NO5S/c1-35(32,33)29(16-19-5-3-2-4-6-19)22-13-12-21(25(26,27)28)15-23(22)34-17-20-9-7-18(8-10-20)11-14-24(30)31/h2-15H,16-17H2,1H3,(H,30,31). The van der Waals surface area contributed by atoms with Crippen LogP contribution in [0.1, 0.15) is 22.3 Å². The van der Waals surface area contributed by atoms with Gasteiger partial charge in [0, 0.05) is 6.08 Å². The molecule has 6 nitrogen and oxygen atoms in total. The number of sulfonamides is 1. The van der Waals surface area contributed by atoms with Crippen LogP contribution < -0.4 is 9.04 Å². The van der Waals surface area contributed by atoms with Gasteiger partial charge in [0.25, 0.3) is 0 Å². The number of halogens is 3. The maximum atomic E-state index is 13.4.